The van der Waals surface area contributed by atoms with E-state index in [0.29, 0.717) is 11.0 Å². The summed E-state index contributed by atoms with van der Waals surface area (Å²) in [5, 5.41) is 0.527. The lowest BCUT2D eigenvalue weighted by Crippen LogP contribution is -1.88. The minimum Gasteiger partial charge on any atom is -0.241 e. The Morgan fingerprint density at radius 3 is 2.64 bits per heavy atom. The van der Waals surface area contributed by atoms with Gasteiger partial charge in [0, 0.05) is 21.5 Å². The van der Waals surface area contributed by atoms with Crippen molar-refractivity contribution >= 4 is 22.9 Å². The first kappa shape index (κ1) is 9.62. The van der Waals surface area contributed by atoms with Crippen molar-refractivity contribution in [3.63, 3.8) is 0 Å². The molecule has 0 atom stereocenters. The van der Waals surface area contributed by atoms with Gasteiger partial charge >= 0.3 is 0 Å². The molecular weight excluding hydrogens is 216 g/mol. The van der Waals surface area contributed by atoms with Gasteiger partial charge in [-0.05, 0) is 26.0 Å². The molecule has 0 saturated carbocycles. The lowest BCUT2D eigenvalue weighted by Gasteiger charge is -1.99. The SMILES string of the molecule is Cc1ncc(-c2ccc(C)s2)c(Cl)n1. The van der Waals surface area contributed by atoms with E-state index in [1.165, 1.54) is 4.88 Å². The summed E-state index contributed by atoms with van der Waals surface area (Å²) in [4.78, 5) is 10.6. The van der Waals surface area contributed by atoms with Crippen LogP contribution in [0.5, 0.6) is 0 Å². The summed E-state index contributed by atoms with van der Waals surface area (Å²) in [7, 11) is 0. The fourth-order valence-electron chi connectivity index (χ4n) is 1.19. The van der Waals surface area contributed by atoms with Gasteiger partial charge in [0.2, 0.25) is 0 Å². The molecule has 2 rings (SSSR count). The van der Waals surface area contributed by atoms with Gasteiger partial charge in [0.25, 0.3) is 0 Å². The van der Waals surface area contributed by atoms with Crippen LogP contribution in [0.25, 0.3) is 10.4 Å². The van der Waals surface area contributed by atoms with Crippen LogP contribution in [-0.4, -0.2) is 9.97 Å². The lowest BCUT2D eigenvalue weighted by atomic mass is 10.3. The first-order chi connectivity index (χ1) is 6.66. The summed E-state index contributed by atoms with van der Waals surface area (Å²) in [6, 6.07) is 4.11. The van der Waals surface area contributed by atoms with Crippen LogP contribution in [0.4, 0.5) is 0 Å². The molecule has 0 bridgehead atoms. The first-order valence-corrected chi connectivity index (χ1v) is 5.42. The second-order valence-corrected chi connectivity index (χ2v) is 4.68. The quantitative estimate of drug-likeness (QED) is 0.694. The smallest absolute Gasteiger partial charge is 0.141 e. The Balaban J connectivity index is 2.52. The van der Waals surface area contributed by atoms with Crippen molar-refractivity contribution in [2.45, 2.75) is 13.8 Å². The molecule has 2 nitrogen and oxygen atoms in total. The van der Waals surface area contributed by atoms with E-state index >= 15 is 0 Å². The molecular formula is C10H9ClN2S. The number of thiophene rings is 1. The Labute approximate surface area is 91.6 Å². The van der Waals surface area contributed by atoms with Gasteiger partial charge in [-0.25, -0.2) is 9.97 Å². The van der Waals surface area contributed by atoms with Crippen LogP contribution in [0, 0.1) is 13.8 Å². The van der Waals surface area contributed by atoms with Crippen molar-refractivity contribution in [1.29, 1.82) is 0 Å². The maximum absolute atomic E-state index is 6.03. The molecule has 0 amide bonds. The summed E-state index contributed by atoms with van der Waals surface area (Å²) in [6.07, 6.45) is 1.77. The standard InChI is InChI=1S/C10H9ClN2S/c1-6-3-4-9(14-6)8-5-12-7(2)13-10(8)11/h3-5H,1-2H3. The molecule has 0 radical (unpaired) electrons. The molecule has 4 heteroatoms. The monoisotopic (exact) mass is 224 g/mol. The molecule has 0 saturated heterocycles. The zero-order valence-electron chi connectivity index (χ0n) is 7.91. The molecule has 2 heterocycles. The minimum absolute atomic E-state index is 0.527. The first-order valence-electron chi connectivity index (χ1n) is 4.23. The van der Waals surface area contributed by atoms with Crippen LogP contribution in [0.1, 0.15) is 10.7 Å². The predicted molar refractivity (Wildman–Crippen MR) is 59.8 cm³/mol. The van der Waals surface area contributed by atoms with E-state index < -0.39 is 0 Å². The van der Waals surface area contributed by atoms with Gasteiger partial charge in [-0.3, -0.25) is 0 Å². The normalized spacial score (nSPS) is 10.5. The van der Waals surface area contributed by atoms with Gasteiger partial charge in [0.1, 0.15) is 11.0 Å². The zero-order valence-corrected chi connectivity index (χ0v) is 9.49. The summed E-state index contributed by atoms with van der Waals surface area (Å²) in [5.74, 6) is 0.701. The van der Waals surface area contributed by atoms with Gasteiger partial charge in [0.15, 0.2) is 0 Å². The number of halogens is 1. The highest BCUT2D eigenvalue weighted by molar-refractivity contribution is 7.15. The molecule has 72 valence electrons. The van der Waals surface area contributed by atoms with Crippen molar-refractivity contribution < 1.29 is 0 Å². The fourth-order valence-corrected chi connectivity index (χ4v) is 2.39. The van der Waals surface area contributed by atoms with Crippen LogP contribution in [-0.2, 0) is 0 Å². The number of nitrogens with zero attached hydrogens (tertiary/aromatic N) is 2. The lowest BCUT2D eigenvalue weighted by molar-refractivity contribution is 1.06. The molecule has 0 aromatic carbocycles. The van der Waals surface area contributed by atoms with Crippen molar-refractivity contribution in [2.75, 3.05) is 0 Å². The summed E-state index contributed by atoms with van der Waals surface area (Å²) >= 11 is 7.73. The highest BCUT2D eigenvalue weighted by Gasteiger charge is 2.07. The zero-order chi connectivity index (χ0) is 10.1. The van der Waals surface area contributed by atoms with E-state index in [1.54, 1.807) is 17.5 Å². The van der Waals surface area contributed by atoms with Crippen LogP contribution < -0.4 is 0 Å². The number of aryl methyl sites for hydroxylation is 2. The molecule has 0 aliphatic rings. The molecule has 0 fully saturated rings. The average molecular weight is 225 g/mol. The van der Waals surface area contributed by atoms with Gasteiger partial charge < -0.3 is 0 Å². The highest BCUT2D eigenvalue weighted by Crippen LogP contribution is 2.31. The van der Waals surface area contributed by atoms with E-state index in [1.807, 2.05) is 13.0 Å². The molecule has 14 heavy (non-hydrogen) atoms. The largest absolute Gasteiger partial charge is 0.241 e. The Morgan fingerprint density at radius 2 is 2.07 bits per heavy atom. The van der Waals surface area contributed by atoms with Crippen LogP contribution >= 0.6 is 22.9 Å². The summed E-state index contributed by atoms with van der Waals surface area (Å²) in [5.41, 5.74) is 0.912. The van der Waals surface area contributed by atoms with E-state index in [2.05, 4.69) is 23.0 Å². The number of aromatic nitrogens is 2. The molecule has 0 aliphatic carbocycles. The molecule has 0 N–H and O–H groups in total. The van der Waals surface area contributed by atoms with Crippen LogP contribution in [0.3, 0.4) is 0 Å². The maximum atomic E-state index is 6.03. The van der Waals surface area contributed by atoms with Gasteiger partial charge in [-0.15, -0.1) is 11.3 Å². The Morgan fingerprint density at radius 1 is 1.29 bits per heavy atom. The number of hydrogen-bond donors (Lipinski definition) is 0. The van der Waals surface area contributed by atoms with Gasteiger partial charge in [-0.2, -0.15) is 0 Å². The van der Waals surface area contributed by atoms with E-state index in [-0.39, 0.29) is 0 Å². The van der Waals surface area contributed by atoms with Crippen LogP contribution in [0.2, 0.25) is 5.15 Å². The molecule has 2 aromatic rings. The van der Waals surface area contributed by atoms with Crippen molar-refractivity contribution in [2.24, 2.45) is 0 Å². The summed E-state index contributed by atoms with van der Waals surface area (Å²) in [6.45, 7) is 3.90. The fraction of sp³-hybridized carbons (Fsp3) is 0.200. The summed E-state index contributed by atoms with van der Waals surface area (Å²) < 4.78 is 0. The van der Waals surface area contributed by atoms with E-state index in [9.17, 15) is 0 Å². The third-order valence-corrected chi connectivity index (χ3v) is 3.19. The molecule has 0 unspecified atom stereocenters. The molecule has 0 aliphatic heterocycles. The van der Waals surface area contributed by atoms with Crippen molar-refractivity contribution in [3.05, 3.63) is 34.2 Å². The van der Waals surface area contributed by atoms with Gasteiger partial charge in [-0.1, -0.05) is 11.6 Å². The number of rotatable bonds is 1. The Hall–Kier alpha value is -0.930. The Bertz CT molecular complexity index is 465. The Kier molecular flexibility index (Phi) is 2.52. The predicted octanol–water partition coefficient (Wildman–Crippen LogP) is 3.48. The van der Waals surface area contributed by atoms with E-state index in [0.717, 1.165) is 10.4 Å². The third-order valence-electron chi connectivity index (χ3n) is 1.87. The topological polar surface area (TPSA) is 25.8 Å². The second-order valence-electron chi connectivity index (χ2n) is 3.03. The van der Waals surface area contributed by atoms with Crippen molar-refractivity contribution in [3.8, 4) is 10.4 Å². The average Bonchev–Trinajstić information content (AvgIpc) is 2.51. The van der Waals surface area contributed by atoms with E-state index in [4.69, 9.17) is 11.6 Å². The van der Waals surface area contributed by atoms with Crippen LogP contribution in [0.15, 0.2) is 18.3 Å². The molecule has 2 aromatic heterocycles. The third kappa shape index (κ3) is 1.79. The highest BCUT2D eigenvalue weighted by atomic mass is 35.5. The number of hydrogen-bond acceptors (Lipinski definition) is 3. The van der Waals surface area contributed by atoms with Crippen molar-refractivity contribution in [1.82, 2.24) is 9.97 Å². The minimum atomic E-state index is 0.527. The van der Waals surface area contributed by atoms with Gasteiger partial charge in [0.05, 0.1) is 0 Å². The second kappa shape index (κ2) is 3.67. The maximum Gasteiger partial charge on any atom is 0.141 e. The molecule has 0 spiro atoms.